The summed E-state index contributed by atoms with van der Waals surface area (Å²) >= 11 is 0. The molecule has 0 aliphatic heterocycles. The summed E-state index contributed by atoms with van der Waals surface area (Å²) in [5.41, 5.74) is 0.832. The van der Waals surface area contributed by atoms with Crippen LogP contribution in [0.1, 0.15) is 59.9 Å². The maximum atomic E-state index is 5.67. The average Bonchev–Trinajstić information content (AvgIpc) is 2.25. The van der Waals surface area contributed by atoms with Gasteiger partial charge in [-0.2, -0.15) is 4.89 Å². The van der Waals surface area contributed by atoms with Crippen LogP contribution in [0.15, 0.2) is 24.3 Å². The van der Waals surface area contributed by atoms with Crippen LogP contribution in [-0.2, 0) is 4.89 Å². The number of hydrogen-bond acceptors (Lipinski definition) is 2. The zero-order valence-corrected chi connectivity index (χ0v) is 12.7. The third-order valence-electron chi connectivity index (χ3n) is 3.69. The Morgan fingerprint density at radius 1 is 0.944 bits per heavy atom. The Morgan fingerprint density at radius 2 is 1.50 bits per heavy atom. The minimum atomic E-state index is -0.350. The summed E-state index contributed by atoms with van der Waals surface area (Å²) in [5, 5.41) is 0. The van der Waals surface area contributed by atoms with E-state index in [1.165, 1.54) is 5.56 Å². The van der Waals surface area contributed by atoms with Gasteiger partial charge in [-0.15, -0.1) is 0 Å². The molecule has 0 saturated heterocycles. The number of benzene rings is 1. The molecule has 0 fully saturated rings. The van der Waals surface area contributed by atoms with E-state index in [1.807, 2.05) is 32.0 Å². The molecular weight excluding hydrogens is 224 g/mol. The van der Waals surface area contributed by atoms with Gasteiger partial charge in [0.15, 0.2) is 5.75 Å². The lowest BCUT2D eigenvalue weighted by Gasteiger charge is -2.36. The molecule has 1 rings (SSSR count). The first-order chi connectivity index (χ1) is 8.15. The van der Waals surface area contributed by atoms with Crippen LogP contribution >= 0.6 is 0 Å². The van der Waals surface area contributed by atoms with Crippen molar-refractivity contribution in [2.75, 3.05) is 0 Å². The molecule has 0 atom stereocenters. The second-order valence-electron chi connectivity index (χ2n) is 6.62. The predicted octanol–water partition coefficient (Wildman–Crippen LogP) is 4.95. The molecular formula is C16H26O2. The Labute approximate surface area is 111 Å². The van der Waals surface area contributed by atoms with E-state index in [1.54, 1.807) is 0 Å². The minimum Gasteiger partial charge on any atom is -0.337 e. The predicted molar refractivity (Wildman–Crippen MR) is 75.8 cm³/mol. The summed E-state index contributed by atoms with van der Waals surface area (Å²) in [6.45, 7) is 14.8. The highest BCUT2D eigenvalue weighted by Crippen LogP contribution is 2.34. The van der Waals surface area contributed by atoms with Gasteiger partial charge in [-0.3, -0.25) is 0 Å². The van der Waals surface area contributed by atoms with Crippen LogP contribution in [0.5, 0.6) is 5.75 Å². The molecule has 0 aromatic heterocycles. The van der Waals surface area contributed by atoms with Crippen molar-refractivity contribution < 1.29 is 9.78 Å². The van der Waals surface area contributed by atoms with E-state index in [9.17, 15) is 0 Å². The molecule has 18 heavy (non-hydrogen) atoms. The molecule has 102 valence electrons. The van der Waals surface area contributed by atoms with E-state index in [-0.39, 0.29) is 11.0 Å². The summed E-state index contributed by atoms with van der Waals surface area (Å²) in [5.74, 6) is 1.23. The lowest BCUT2D eigenvalue weighted by atomic mass is 9.79. The zero-order valence-electron chi connectivity index (χ0n) is 12.7. The highest BCUT2D eigenvalue weighted by atomic mass is 17.2. The van der Waals surface area contributed by atoms with Gasteiger partial charge in [0.25, 0.3) is 0 Å². The standard InChI is InChI=1S/C16H26O2/c1-12(2)13-10-8-9-11-14(13)17-18-16(6,7)15(3,4)5/h8-12H,1-7H3. The van der Waals surface area contributed by atoms with Crippen molar-refractivity contribution in [3.63, 3.8) is 0 Å². The maximum Gasteiger partial charge on any atom is 0.168 e. The van der Waals surface area contributed by atoms with Crippen molar-refractivity contribution in [3.8, 4) is 5.75 Å². The maximum absolute atomic E-state index is 5.67. The van der Waals surface area contributed by atoms with E-state index >= 15 is 0 Å². The van der Waals surface area contributed by atoms with Gasteiger partial charge in [0, 0.05) is 5.56 Å². The molecule has 0 spiro atoms. The Hall–Kier alpha value is -1.02. The lowest BCUT2D eigenvalue weighted by Crippen LogP contribution is -2.40. The van der Waals surface area contributed by atoms with Crippen molar-refractivity contribution in [3.05, 3.63) is 29.8 Å². The molecule has 1 aromatic rings. The van der Waals surface area contributed by atoms with Crippen LogP contribution in [-0.4, -0.2) is 5.60 Å². The number of rotatable bonds is 4. The molecule has 0 aliphatic carbocycles. The second kappa shape index (κ2) is 5.31. The van der Waals surface area contributed by atoms with Crippen LogP contribution in [0.25, 0.3) is 0 Å². The van der Waals surface area contributed by atoms with Crippen LogP contribution in [0.4, 0.5) is 0 Å². The smallest absolute Gasteiger partial charge is 0.168 e. The Bertz CT molecular complexity index is 386. The van der Waals surface area contributed by atoms with Gasteiger partial charge in [0.2, 0.25) is 0 Å². The van der Waals surface area contributed by atoms with E-state index in [0.29, 0.717) is 5.92 Å². The molecule has 2 heteroatoms. The van der Waals surface area contributed by atoms with Crippen LogP contribution in [0, 0.1) is 5.41 Å². The average molecular weight is 250 g/mol. The molecule has 0 heterocycles. The van der Waals surface area contributed by atoms with Crippen LogP contribution in [0.2, 0.25) is 0 Å². The fourth-order valence-electron chi connectivity index (χ4n) is 1.31. The second-order valence-corrected chi connectivity index (χ2v) is 6.62. The Kier molecular flexibility index (Phi) is 4.44. The van der Waals surface area contributed by atoms with Crippen molar-refractivity contribution >= 4 is 0 Å². The highest BCUT2D eigenvalue weighted by molar-refractivity contribution is 5.35. The van der Waals surface area contributed by atoms with Crippen molar-refractivity contribution in [1.82, 2.24) is 0 Å². The first kappa shape index (κ1) is 15.0. The SMILES string of the molecule is CC(C)c1ccccc1OOC(C)(C)C(C)(C)C. The molecule has 0 amide bonds. The normalized spacial score (nSPS) is 12.9. The van der Waals surface area contributed by atoms with E-state index in [0.717, 1.165) is 5.75 Å². The van der Waals surface area contributed by atoms with E-state index in [2.05, 4.69) is 40.7 Å². The molecule has 0 aliphatic rings. The molecule has 0 saturated carbocycles. The third kappa shape index (κ3) is 3.49. The van der Waals surface area contributed by atoms with Gasteiger partial charge >= 0.3 is 0 Å². The third-order valence-corrected chi connectivity index (χ3v) is 3.69. The van der Waals surface area contributed by atoms with Crippen LogP contribution in [0.3, 0.4) is 0 Å². The first-order valence-electron chi connectivity index (χ1n) is 6.60. The summed E-state index contributed by atoms with van der Waals surface area (Å²) in [4.78, 5) is 11.3. The summed E-state index contributed by atoms with van der Waals surface area (Å²) in [6.07, 6.45) is 0. The largest absolute Gasteiger partial charge is 0.337 e. The van der Waals surface area contributed by atoms with Crippen molar-refractivity contribution in [2.45, 2.75) is 60.0 Å². The van der Waals surface area contributed by atoms with Crippen molar-refractivity contribution in [2.24, 2.45) is 5.41 Å². The van der Waals surface area contributed by atoms with E-state index < -0.39 is 0 Å². The van der Waals surface area contributed by atoms with Crippen LogP contribution < -0.4 is 4.89 Å². The van der Waals surface area contributed by atoms with Gasteiger partial charge in [-0.1, -0.05) is 52.8 Å². The summed E-state index contributed by atoms with van der Waals surface area (Å²) in [7, 11) is 0. The van der Waals surface area contributed by atoms with Gasteiger partial charge in [0.05, 0.1) is 0 Å². The molecule has 2 nitrogen and oxygen atoms in total. The number of hydrogen-bond donors (Lipinski definition) is 0. The van der Waals surface area contributed by atoms with Gasteiger partial charge in [0.1, 0.15) is 5.60 Å². The molecule has 1 aromatic carbocycles. The van der Waals surface area contributed by atoms with Crippen molar-refractivity contribution in [1.29, 1.82) is 0 Å². The van der Waals surface area contributed by atoms with E-state index in [4.69, 9.17) is 9.78 Å². The molecule has 0 unspecified atom stereocenters. The quantitative estimate of drug-likeness (QED) is 0.556. The molecule has 0 bridgehead atoms. The number of para-hydroxylation sites is 1. The van der Waals surface area contributed by atoms with Gasteiger partial charge in [-0.05, 0) is 31.2 Å². The highest BCUT2D eigenvalue weighted by Gasteiger charge is 2.36. The molecule has 0 N–H and O–H groups in total. The fraction of sp³-hybridized carbons (Fsp3) is 0.625. The zero-order chi connectivity index (χ0) is 14.0. The minimum absolute atomic E-state index is 0.0137. The Morgan fingerprint density at radius 3 is 2.00 bits per heavy atom. The summed E-state index contributed by atoms with van der Waals surface area (Å²) < 4.78 is 0. The first-order valence-corrected chi connectivity index (χ1v) is 6.60. The molecule has 0 radical (unpaired) electrons. The Balaban J connectivity index is 2.81. The fourth-order valence-corrected chi connectivity index (χ4v) is 1.31. The van der Waals surface area contributed by atoms with Gasteiger partial charge in [-0.25, -0.2) is 0 Å². The van der Waals surface area contributed by atoms with Gasteiger partial charge < -0.3 is 4.89 Å². The monoisotopic (exact) mass is 250 g/mol. The summed E-state index contributed by atoms with van der Waals surface area (Å²) in [6, 6.07) is 8.02. The topological polar surface area (TPSA) is 18.5 Å². The lowest BCUT2D eigenvalue weighted by molar-refractivity contribution is -0.308.